The van der Waals surface area contributed by atoms with Gasteiger partial charge >= 0.3 is 0 Å². The quantitative estimate of drug-likeness (QED) is 0.703. The van der Waals surface area contributed by atoms with Crippen molar-refractivity contribution in [2.45, 2.75) is 38.3 Å². The van der Waals surface area contributed by atoms with Crippen LogP contribution in [0.3, 0.4) is 0 Å². The molecule has 0 saturated heterocycles. The second-order valence-electron chi connectivity index (χ2n) is 6.83. The van der Waals surface area contributed by atoms with Gasteiger partial charge in [0.05, 0.1) is 13.0 Å². The number of methoxy groups -OCH3 is 1. The van der Waals surface area contributed by atoms with Crippen molar-refractivity contribution >= 4 is 16.8 Å². The fourth-order valence-corrected chi connectivity index (χ4v) is 3.70. The van der Waals surface area contributed by atoms with Gasteiger partial charge in [-0.15, -0.1) is 5.10 Å². The number of tetrazole rings is 1. The summed E-state index contributed by atoms with van der Waals surface area (Å²) in [6, 6.07) is 7.79. The number of hydrogen-bond donors (Lipinski definition) is 0. The van der Waals surface area contributed by atoms with Crippen molar-refractivity contribution in [3.63, 3.8) is 0 Å². The molecule has 0 bridgehead atoms. The molecule has 1 aliphatic heterocycles. The highest BCUT2D eigenvalue weighted by molar-refractivity contribution is 5.88. The van der Waals surface area contributed by atoms with E-state index in [-0.39, 0.29) is 11.8 Å². The van der Waals surface area contributed by atoms with Crippen molar-refractivity contribution < 1.29 is 9.53 Å². The van der Waals surface area contributed by atoms with Crippen molar-refractivity contribution in [3.05, 3.63) is 41.9 Å². The first kappa shape index (κ1) is 17.4. The lowest BCUT2D eigenvalue weighted by atomic mass is 10.00. The molecule has 1 amide bonds. The third-order valence-corrected chi connectivity index (χ3v) is 5.11. The predicted molar refractivity (Wildman–Crippen MR) is 99.2 cm³/mol. The van der Waals surface area contributed by atoms with Crippen LogP contribution in [-0.2, 0) is 17.9 Å². The van der Waals surface area contributed by atoms with Crippen LogP contribution >= 0.6 is 0 Å². The molecule has 8 nitrogen and oxygen atoms in total. The number of aromatic nitrogens is 5. The van der Waals surface area contributed by atoms with Crippen LogP contribution in [-0.4, -0.2) is 50.2 Å². The molecule has 27 heavy (non-hydrogen) atoms. The van der Waals surface area contributed by atoms with Crippen LogP contribution in [0.15, 0.2) is 30.5 Å². The Morgan fingerprint density at radius 2 is 2.22 bits per heavy atom. The monoisotopic (exact) mass is 366 g/mol. The van der Waals surface area contributed by atoms with Crippen LogP contribution in [0.4, 0.5) is 0 Å². The minimum absolute atomic E-state index is 0.0424. The Morgan fingerprint density at radius 1 is 1.33 bits per heavy atom. The molecule has 0 spiro atoms. The lowest BCUT2D eigenvalue weighted by Gasteiger charge is -2.23. The van der Waals surface area contributed by atoms with Crippen LogP contribution in [0.5, 0.6) is 5.75 Å². The van der Waals surface area contributed by atoms with Crippen molar-refractivity contribution in [1.29, 1.82) is 0 Å². The Labute approximate surface area is 157 Å². The fourth-order valence-electron chi connectivity index (χ4n) is 3.70. The van der Waals surface area contributed by atoms with Gasteiger partial charge in [-0.05, 0) is 41.0 Å². The van der Waals surface area contributed by atoms with Crippen LogP contribution < -0.4 is 4.74 Å². The topological polar surface area (TPSA) is 86.0 Å². The first-order valence-electron chi connectivity index (χ1n) is 9.10. The van der Waals surface area contributed by atoms with Crippen molar-refractivity contribution in [1.82, 2.24) is 30.1 Å². The average Bonchev–Trinajstić information content (AvgIpc) is 3.07. The summed E-state index contributed by atoms with van der Waals surface area (Å²) in [6.45, 7) is 1.26. The fraction of sp³-hybridized carbons (Fsp3) is 0.421. The number of pyridine rings is 1. The molecular weight excluding hydrogens is 344 g/mol. The highest BCUT2D eigenvalue weighted by atomic mass is 16.5. The summed E-state index contributed by atoms with van der Waals surface area (Å²) in [5.74, 6) is 1.15. The van der Waals surface area contributed by atoms with E-state index in [1.54, 1.807) is 22.9 Å². The van der Waals surface area contributed by atoms with E-state index in [0.717, 1.165) is 48.0 Å². The van der Waals surface area contributed by atoms with Gasteiger partial charge in [-0.1, -0.05) is 18.6 Å². The van der Waals surface area contributed by atoms with Crippen LogP contribution in [0.1, 0.15) is 36.6 Å². The number of nitrogens with zero attached hydrogens (tertiary/aromatic N) is 6. The summed E-state index contributed by atoms with van der Waals surface area (Å²) in [6.07, 6.45) is 4.48. The molecule has 3 heterocycles. The van der Waals surface area contributed by atoms with E-state index >= 15 is 0 Å². The maximum absolute atomic E-state index is 13.2. The number of amides is 1. The molecule has 1 aromatic carbocycles. The van der Waals surface area contributed by atoms with E-state index in [1.807, 2.05) is 31.3 Å². The van der Waals surface area contributed by atoms with Crippen LogP contribution in [0.2, 0.25) is 0 Å². The Kier molecular flexibility index (Phi) is 4.70. The maximum Gasteiger partial charge on any atom is 0.233 e. The molecule has 3 aromatic rings. The van der Waals surface area contributed by atoms with Gasteiger partial charge in [0.2, 0.25) is 5.91 Å². The zero-order valence-electron chi connectivity index (χ0n) is 15.5. The molecule has 8 heteroatoms. The largest absolute Gasteiger partial charge is 0.494 e. The van der Waals surface area contributed by atoms with Crippen molar-refractivity contribution in [2.24, 2.45) is 0 Å². The lowest BCUT2D eigenvalue weighted by Crippen LogP contribution is -2.32. The van der Waals surface area contributed by atoms with Gasteiger partial charge in [0.15, 0.2) is 5.82 Å². The minimum atomic E-state index is -0.296. The summed E-state index contributed by atoms with van der Waals surface area (Å²) < 4.78 is 7.17. The normalized spacial score (nSPS) is 16.6. The Balaban J connectivity index is 1.61. The number of hydrogen-bond acceptors (Lipinski definition) is 6. The third-order valence-electron chi connectivity index (χ3n) is 5.11. The number of carbonyl (C=O) groups excluding carboxylic acids is 1. The molecule has 0 saturated carbocycles. The lowest BCUT2D eigenvalue weighted by molar-refractivity contribution is -0.132. The smallest absolute Gasteiger partial charge is 0.233 e. The maximum atomic E-state index is 13.2. The number of benzene rings is 1. The second-order valence-corrected chi connectivity index (χ2v) is 6.83. The van der Waals surface area contributed by atoms with E-state index in [1.165, 1.54) is 0 Å². The predicted octanol–water partition coefficient (Wildman–Crippen LogP) is 2.16. The summed E-state index contributed by atoms with van der Waals surface area (Å²) in [4.78, 5) is 19.3. The Hall–Kier alpha value is -3.03. The van der Waals surface area contributed by atoms with E-state index in [2.05, 4.69) is 20.5 Å². The van der Waals surface area contributed by atoms with E-state index in [4.69, 9.17) is 4.74 Å². The number of rotatable bonds is 4. The average molecular weight is 366 g/mol. The number of carbonyl (C=O) groups is 1. The van der Waals surface area contributed by atoms with Crippen molar-refractivity contribution in [3.8, 4) is 5.75 Å². The standard InChI is InChI=1S/C19H22N6O2/c1-24(19(26)15-6-3-4-11-25-18(15)21-22-23-25)12-13-8-9-16(27-2)17-14(13)7-5-10-20-17/h5,7-10,15H,3-4,6,11-12H2,1-2H3/t15-/m1/s1. The van der Waals surface area contributed by atoms with E-state index < -0.39 is 0 Å². The summed E-state index contributed by atoms with van der Waals surface area (Å²) in [7, 11) is 3.46. The molecule has 1 aliphatic rings. The van der Waals surface area contributed by atoms with Crippen LogP contribution in [0, 0.1) is 0 Å². The molecule has 2 aromatic heterocycles. The number of aryl methyl sites for hydroxylation is 1. The van der Waals surface area contributed by atoms with Gasteiger partial charge in [-0.2, -0.15) is 0 Å². The molecule has 0 unspecified atom stereocenters. The van der Waals surface area contributed by atoms with Crippen LogP contribution in [0.25, 0.3) is 10.9 Å². The molecule has 4 rings (SSSR count). The zero-order valence-corrected chi connectivity index (χ0v) is 15.5. The molecule has 1 atom stereocenters. The molecule has 0 fully saturated rings. The SMILES string of the molecule is COc1ccc(CN(C)C(=O)[C@@H]2CCCCn3nnnc32)c2cccnc12. The molecule has 0 N–H and O–H groups in total. The number of likely N-dealkylation sites (N-methyl/N-ethyl adjacent to an activating group) is 1. The first-order chi connectivity index (χ1) is 13.2. The van der Waals surface area contributed by atoms with Gasteiger partial charge in [-0.25, -0.2) is 4.68 Å². The minimum Gasteiger partial charge on any atom is -0.494 e. The number of ether oxygens (including phenoxy) is 1. The highest BCUT2D eigenvalue weighted by Crippen LogP contribution is 2.29. The third kappa shape index (κ3) is 3.22. The van der Waals surface area contributed by atoms with E-state index in [9.17, 15) is 4.79 Å². The Morgan fingerprint density at radius 3 is 3.07 bits per heavy atom. The van der Waals surface area contributed by atoms with Crippen molar-refractivity contribution in [2.75, 3.05) is 14.2 Å². The highest BCUT2D eigenvalue weighted by Gasteiger charge is 2.30. The molecule has 0 radical (unpaired) electrons. The summed E-state index contributed by atoms with van der Waals surface area (Å²) >= 11 is 0. The van der Waals surface area contributed by atoms with Gasteiger partial charge in [0.25, 0.3) is 0 Å². The van der Waals surface area contributed by atoms with E-state index in [0.29, 0.717) is 12.4 Å². The summed E-state index contributed by atoms with van der Waals surface area (Å²) in [5.41, 5.74) is 1.83. The Bertz CT molecular complexity index is 970. The van der Waals surface area contributed by atoms with Gasteiger partial charge in [0, 0.05) is 31.7 Å². The van der Waals surface area contributed by atoms with Gasteiger partial charge in [-0.3, -0.25) is 9.78 Å². The molecule has 0 aliphatic carbocycles. The number of fused-ring (bicyclic) bond motifs is 2. The van der Waals surface area contributed by atoms with Gasteiger partial charge in [0.1, 0.15) is 11.3 Å². The second kappa shape index (κ2) is 7.30. The first-order valence-corrected chi connectivity index (χ1v) is 9.10. The zero-order chi connectivity index (χ0) is 18.8. The molecular formula is C19H22N6O2. The van der Waals surface area contributed by atoms with Gasteiger partial charge < -0.3 is 9.64 Å². The summed E-state index contributed by atoms with van der Waals surface area (Å²) in [5, 5.41) is 12.9. The molecule has 140 valence electrons.